The number of hydrogen-bond donors (Lipinski definition) is 1. The summed E-state index contributed by atoms with van der Waals surface area (Å²) in [5.74, 6) is 0.944. The van der Waals surface area contributed by atoms with Gasteiger partial charge in [-0.05, 0) is 26.0 Å². The van der Waals surface area contributed by atoms with Crippen molar-refractivity contribution >= 4 is 16.7 Å². The first-order chi connectivity index (χ1) is 10.2. The van der Waals surface area contributed by atoms with E-state index in [1.807, 2.05) is 24.3 Å². The number of benzene rings is 1. The van der Waals surface area contributed by atoms with Gasteiger partial charge < -0.3 is 10.0 Å². The van der Waals surface area contributed by atoms with Gasteiger partial charge in [0.2, 0.25) is 0 Å². The van der Waals surface area contributed by atoms with Crippen LogP contribution in [0.1, 0.15) is 19.4 Å². The number of nitrogens with zero attached hydrogens (tertiary/aromatic N) is 3. The number of pyridine rings is 1. The maximum Gasteiger partial charge on any atom is 0.134 e. The molecule has 1 aromatic heterocycles. The molecule has 21 heavy (non-hydrogen) atoms. The molecule has 1 aromatic carbocycles. The fraction of sp³-hybridized carbons (Fsp3) is 0.471. The lowest BCUT2D eigenvalue weighted by Gasteiger charge is -2.38. The van der Waals surface area contributed by atoms with Crippen molar-refractivity contribution in [2.24, 2.45) is 0 Å². The van der Waals surface area contributed by atoms with Crippen molar-refractivity contribution in [1.29, 1.82) is 0 Å². The Bertz CT molecular complexity index is 618. The van der Waals surface area contributed by atoms with Crippen molar-refractivity contribution in [3.8, 4) is 0 Å². The van der Waals surface area contributed by atoms with Gasteiger partial charge in [-0.3, -0.25) is 4.90 Å². The normalized spacial score (nSPS) is 16.9. The Morgan fingerprint density at radius 3 is 2.52 bits per heavy atom. The molecule has 1 fully saturated rings. The molecule has 2 heterocycles. The van der Waals surface area contributed by atoms with Crippen molar-refractivity contribution in [2.45, 2.75) is 26.5 Å². The van der Waals surface area contributed by atoms with Crippen LogP contribution < -0.4 is 4.90 Å². The van der Waals surface area contributed by atoms with E-state index in [1.54, 1.807) is 0 Å². The number of anilines is 1. The Hall–Kier alpha value is -1.65. The Morgan fingerprint density at radius 1 is 1.14 bits per heavy atom. The summed E-state index contributed by atoms with van der Waals surface area (Å²) in [5, 5.41) is 10.8. The fourth-order valence-electron chi connectivity index (χ4n) is 2.99. The number of piperazine rings is 1. The molecule has 0 spiro atoms. The molecule has 3 rings (SSSR count). The molecule has 0 amide bonds. The number of para-hydroxylation sites is 1. The minimum atomic E-state index is 0.0392. The lowest BCUT2D eigenvalue weighted by atomic mass is 10.1. The van der Waals surface area contributed by atoms with Crippen LogP contribution in [-0.2, 0) is 6.61 Å². The molecule has 0 atom stereocenters. The highest BCUT2D eigenvalue weighted by Crippen LogP contribution is 2.25. The average Bonchev–Trinajstić information content (AvgIpc) is 2.53. The smallest absolute Gasteiger partial charge is 0.134 e. The van der Waals surface area contributed by atoms with Crippen LogP contribution in [0.4, 0.5) is 5.82 Å². The topological polar surface area (TPSA) is 39.6 Å². The van der Waals surface area contributed by atoms with Gasteiger partial charge in [0.1, 0.15) is 5.82 Å². The van der Waals surface area contributed by atoms with E-state index in [9.17, 15) is 5.11 Å². The van der Waals surface area contributed by atoms with Gasteiger partial charge in [-0.15, -0.1) is 0 Å². The van der Waals surface area contributed by atoms with E-state index < -0.39 is 0 Å². The van der Waals surface area contributed by atoms with Crippen molar-refractivity contribution < 1.29 is 5.11 Å². The van der Waals surface area contributed by atoms with Gasteiger partial charge in [0, 0.05) is 43.2 Å². The average molecular weight is 285 g/mol. The summed E-state index contributed by atoms with van der Waals surface area (Å²) in [7, 11) is 0. The molecule has 112 valence electrons. The molecule has 1 aliphatic rings. The second kappa shape index (κ2) is 6.00. The highest BCUT2D eigenvalue weighted by molar-refractivity contribution is 5.81. The van der Waals surface area contributed by atoms with Crippen LogP contribution in [0.2, 0.25) is 0 Å². The minimum Gasteiger partial charge on any atom is -0.392 e. The summed E-state index contributed by atoms with van der Waals surface area (Å²) in [5.41, 5.74) is 1.92. The molecule has 4 heteroatoms. The molecule has 4 nitrogen and oxygen atoms in total. The Morgan fingerprint density at radius 2 is 1.86 bits per heavy atom. The first kappa shape index (κ1) is 14.3. The molecule has 1 N–H and O–H groups in total. The van der Waals surface area contributed by atoms with Gasteiger partial charge in [0.25, 0.3) is 0 Å². The monoisotopic (exact) mass is 285 g/mol. The number of rotatable bonds is 3. The van der Waals surface area contributed by atoms with Crippen LogP contribution in [0.15, 0.2) is 30.3 Å². The van der Waals surface area contributed by atoms with E-state index in [0.29, 0.717) is 6.04 Å². The lowest BCUT2D eigenvalue weighted by molar-refractivity contribution is 0.208. The second-order valence-electron chi connectivity index (χ2n) is 5.94. The van der Waals surface area contributed by atoms with Crippen LogP contribution in [0.3, 0.4) is 0 Å². The molecule has 1 saturated heterocycles. The van der Waals surface area contributed by atoms with Gasteiger partial charge in [0.05, 0.1) is 12.1 Å². The predicted molar refractivity (Wildman–Crippen MR) is 86.6 cm³/mol. The fourth-order valence-corrected chi connectivity index (χ4v) is 2.99. The third kappa shape index (κ3) is 2.87. The summed E-state index contributed by atoms with van der Waals surface area (Å²) in [6, 6.07) is 10.7. The van der Waals surface area contributed by atoms with Crippen LogP contribution in [0.25, 0.3) is 10.9 Å². The highest BCUT2D eigenvalue weighted by atomic mass is 16.3. The first-order valence-electron chi connectivity index (χ1n) is 7.67. The Labute approximate surface area is 126 Å². The number of fused-ring (bicyclic) bond motifs is 1. The van der Waals surface area contributed by atoms with E-state index in [-0.39, 0.29) is 6.61 Å². The molecule has 0 bridgehead atoms. The van der Waals surface area contributed by atoms with E-state index >= 15 is 0 Å². The largest absolute Gasteiger partial charge is 0.392 e. The zero-order chi connectivity index (χ0) is 14.8. The third-order valence-electron chi connectivity index (χ3n) is 4.29. The lowest BCUT2D eigenvalue weighted by Crippen LogP contribution is -2.49. The molecule has 1 aliphatic heterocycles. The maximum absolute atomic E-state index is 9.67. The standard InChI is InChI=1S/C17H23N3O/c1-13(2)19-7-9-20(10-8-19)17-15(12-21)11-14-5-3-4-6-16(14)18-17/h3-6,11,13,21H,7-10,12H2,1-2H3. The van der Waals surface area contributed by atoms with Crippen LogP contribution in [0.5, 0.6) is 0 Å². The molecule has 0 radical (unpaired) electrons. The van der Waals surface area contributed by atoms with E-state index in [4.69, 9.17) is 4.98 Å². The van der Waals surface area contributed by atoms with Crippen molar-refractivity contribution in [3.05, 3.63) is 35.9 Å². The summed E-state index contributed by atoms with van der Waals surface area (Å²) < 4.78 is 0. The van der Waals surface area contributed by atoms with Crippen LogP contribution in [-0.4, -0.2) is 47.2 Å². The molecular weight excluding hydrogens is 262 g/mol. The zero-order valence-corrected chi connectivity index (χ0v) is 12.8. The van der Waals surface area contributed by atoms with E-state index in [2.05, 4.69) is 29.7 Å². The first-order valence-corrected chi connectivity index (χ1v) is 7.67. The molecular formula is C17H23N3O. The van der Waals surface area contributed by atoms with Gasteiger partial charge in [-0.1, -0.05) is 18.2 Å². The molecule has 0 aliphatic carbocycles. The second-order valence-corrected chi connectivity index (χ2v) is 5.94. The number of hydrogen-bond acceptors (Lipinski definition) is 4. The quantitative estimate of drug-likeness (QED) is 0.939. The summed E-state index contributed by atoms with van der Waals surface area (Å²) in [6.45, 7) is 8.56. The third-order valence-corrected chi connectivity index (χ3v) is 4.29. The molecule has 2 aromatic rings. The van der Waals surface area contributed by atoms with E-state index in [0.717, 1.165) is 48.5 Å². The summed E-state index contributed by atoms with van der Waals surface area (Å²) >= 11 is 0. The highest BCUT2D eigenvalue weighted by Gasteiger charge is 2.21. The van der Waals surface area contributed by atoms with Crippen LogP contribution in [0, 0.1) is 0 Å². The molecule has 0 unspecified atom stereocenters. The number of aliphatic hydroxyl groups is 1. The van der Waals surface area contributed by atoms with Crippen molar-refractivity contribution in [3.63, 3.8) is 0 Å². The van der Waals surface area contributed by atoms with Gasteiger partial charge >= 0.3 is 0 Å². The minimum absolute atomic E-state index is 0.0392. The van der Waals surface area contributed by atoms with Crippen molar-refractivity contribution in [1.82, 2.24) is 9.88 Å². The number of aromatic nitrogens is 1. The van der Waals surface area contributed by atoms with Gasteiger partial charge in [-0.25, -0.2) is 4.98 Å². The van der Waals surface area contributed by atoms with Gasteiger partial charge in [0.15, 0.2) is 0 Å². The Kier molecular flexibility index (Phi) is 4.08. The molecule has 0 saturated carbocycles. The summed E-state index contributed by atoms with van der Waals surface area (Å²) in [6.07, 6.45) is 0. The predicted octanol–water partition coefficient (Wildman–Crippen LogP) is 2.26. The van der Waals surface area contributed by atoms with Crippen molar-refractivity contribution in [2.75, 3.05) is 31.1 Å². The SMILES string of the molecule is CC(C)N1CCN(c2nc3ccccc3cc2CO)CC1. The van der Waals surface area contributed by atoms with Gasteiger partial charge in [-0.2, -0.15) is 0 Å². The maximum atomic E-state index is 9.67. The van der Waals surface area contributed by atoms with E-state index in [1.165, 1.54) is 0 Å². The number of aliphatic hydroxyl groups excluding tert-OH is 1. The summed E-state index contributed by atoms with van der Waals surface area (Å²) in [4.78, 5) is 9.57. The zero-order valence-electron chi connectivity index (χ0n) is 12.8. The van der Waals surface area contributed by atoms with Crippen LogP contribution >= 0.6 is 0 Å². The Balaban J connectivity index is 1.89.